The molecule has 23 heteroatoms. The fourth-order valence-corrected chi connectivity index (χ4v) is 9.24. The number of carboxylic acid groups (broad SMARTS) is 2. The minimum atomic E-state index is -1.32. The third kappa shape index (κ3) is 22.3. The first-order chi connectivity index (χ1) is 36.8. The standard InChI is InChI=1S/C54H72F2N6O14S/c1-54(2,3)52(44-30-38(41-32-40(55)10-11-42(41)56)34-60(44)33-37-8-5-4-6-9-37)62(20-7-18-57)50(68)36-77-35-39(53(71)72)31-45(63)43(12-15-51(69)70)59-47(65)17-22-73-24-26-75-28-29-76-27-25-74-23-19-58-46(64)16-21-61-48(66)13-14-49(61)67/h4-6,8-11,13-14,30,32,34,39,43,52H,7,12,15-29,31,33,35-36,57H2,1-3H3,(H,58,64)(H,59,65)(H,69,70)(H,71,72)/t39-,43+,52-/m0/s1. The van der Waals surface area contributed by atoms with Crippen molar-refractivity contribution >= 4 is 59.0 Å². The number of benzene rings is 2. The Morgan fingerprint density at radius 2 is 1.44 bits per heavy atom. The number of rotatable bonds is 38. The Labute approximate surface area is 451 Å². The van der Waals surface area contributed by atoms with E-state index in [1.165, 1.54) is 0 Å². The molecule has 1 aliphatic rings. The number of aliphatic carboxylic acids is 2. The molecule has 20 nitrogen and oxygen atoms in total. The van der Waals surface area contributed by atoms with Gasteiger partial charge in [-0.3, -0.25) is 43.3 Å². The Hall–Kier alpha value is -6.37. The van der Waals surface area contributed by atoms with Crippen molar-refractivity contribution in [2.24, 2.45) is 17.1 Å². The molecule has 6 N–H and O–H groups in total. The Morgan fingerprint density at radius 3 is 2.05 bits per heavy atom. The number of nitrogens with one attached hydrogen (secondary N) is 2. The van der Waals surface area contributed by atoms with Gasteiger partial charge in [0, 0.05) is 92.8 Å². The number of ether oxygens (including phenoxy) is 4. The number of aromatic nitrogens is 1. The first-order valence-electron chi connectivity index (χ1n) is 25.4. The van der Waals surface area contributed by atoms with E-state index in [0.29, 0.717) is 24.2 Å². The van der Waals surface area contributed by atoms with E-state index in [2.05, 4.69) is 10.6 Å². The van der Waals surface area contributed by atoms with Crippen molar-refractivity contribution in [2.75, 3.05) is 90.5 Å². The van der Waals surface area contributed by atoms with E-state index >= 15 is 4.39 Å². The SMILES string of the molecule is CC(C)(C)[C@H](c1cc(-c2cc(F)ccc2F)cn1Cc1ccccc1)N(CCCN)C(=O)CSC[C@H](CC(=O)[C@@H](CCC(=O)O)NC(=O)CCOCCOCCOCCOCCNC(=O)CCN1C(=O)C=CC1=O)C(=O)O. The number of thioether (sulfide) groups is 1. The molecule has 0 saturated carbocycles. The quantitative estimate of drug-likeness (QED) is 0.0394. The highest BCUT2D eigenvalue weighted by Gasteiger charge is 2.37. The van der Waals surface area contributed by atoms with Gasteiger partial charge >= 0.3 is 11.9 Å². The Balaban J connectivity index is 1.22. The van der Waals surface area contributed by atoms with Gasteiger partial charge in [0.25, 0.3) is 11.8 Å². The van der Waals surface area contributed by atoms with Crippen LogP contribution in [-0.4, -0.2) is 168 Å². The van der Waals surface area contributed by atoms with Crippen LogP contribution in [0.15, 0.2) is 72.9 Å². The molecule has 5 amide bonds. The summed E-state index contributed by atoms with van der Waals surface area (Å²) in [6.45, 7) is 8.50. The highest BCUT2D eigenvalue weighted by Crippen LogP contribution is 2.41. The second kappa shape index (κ2) is 33.0. The number of amides is 5. The topological polar surface area (TPSA) is 275 Å². The van der Waals surface area contributed by atoms with Crippen LogP contribution in [0.2, 0.25) is 0 Å². The normalized spacial score (nSPS) is 13.6. The summed E-state index contributed by atoms with van der Waals surface area (Å²) in [6.07, 6.45) is 2.97. The Morgan fingerprint density at radius 1 is 0.805 bits per heavy atom. The molecular formula is C54H72F2N6O14S. The maximum atomic E-state index is 15.2. The van der Waals surface area contributed by atoms with Crippen LogP contribution < -0.4 is 16.4 Å². The van der Waals surface area contributed by atoms with Crippen molar-refractivity contribution in [3.05, 3.63) is 95.8 Å². The molecule has 2 aromatic carbocycles. The molecule has 0 fully saturated rings. The van der Waals surface area contributed by atoms with Gasteiger partial charge in [-0.15, -0.1) is 0 Å². The van der Waals surface area contributed by atoms with Gasteiger partial charge in [-0.1, -0.05) is 51.1 Å². The molecule has 4 rings (SSSR count). The number of nitrogens with zero attached hydrogens (tertiary/aromatic N) is 3. The average molecular weight is 1100 g/mol. The second-order valence-corrected chi connectivity index (χ2v) is 20.2. The largest absolute Gasteiger partial charge is 0.481 e. The summed E-state index contributed by atoms with van der Waals surface area (Å²) in [4.78, 5) is 103. The lowest BCUT2D eigenvalue weighted by atomic mass is 9.83. The smallest absolute Gasteiger partial charge is 0.307 e. The third-order valence-electron chi connectivity index (χ3n) is 12.0. The van der Waals surface area contributed by atoms with Gasteiger partial charge in [-0.25, -0.2) is 8.78 Å². The fraction of sp³-hybridized carbons (Fsp3) is 0.519. The summed E-state index contributed by atoms with van der Waals surface area (Å²) >= 11 is 1.01. The van der Waals surface area contributed by atoms with E-state index in [1.807, 2.05) is 55.7 Å². The third-order valence-corrected chi connectivity index (χ3v) is 13.1. The van der Waals surface area contributed by atoms with Crippen LogP contribution in [0.1, 0.15) is 76.6 Å². The number of carbonyl (C=O) groups excluding carboxylic acids is 6. The average Bonchev–Trinajstić information content (AvgIpc) is 3.97. The first-order valence-corrected chi connectivity index (χ1v) is 26.6. The van der Waals surface area contributed by atoms with Crippen molar-refractivity contribution < 1.29 is 76.3 Å². The number of hydrogen-bond acceptors (Lipinski definition) is 14. The summed E-state index contributed by atoms with van der Waals surface area (Å²) in [6, 6.07) is 12.6. The first kappa shape index (κ1) is 63.2. The number of imide groups is 1. The fourth-order valence-electron chi connectivity index (χ4n) is 8.24. The van der Waals surface area contributed by atoms with Crippen LogP contribution >= 0.6 is 11.8 Å². The Kier molecular flexibility index (Phi) is 27.1. The highest BCUT2D eigenvalue weighted by atomic mass is 32.2. The van der Waals surface area contributed by atoms with Crippen molar-refractivity contribution in [1.82, 2.24) is 25.0 Å². The molecule has 0 radical (unpaired) electrons. The molecule has 77 heavy (non-hydrogen) atoms. The maximum Gasteiger partial charge on any atom is 0.307 e. The maximum absolute atomic E-state index is 15.2. The Bertz CT molecular complexity index is 2450. The summed E-state index contributed by atoms with van der Waals surface area (Å²) in [5.41, 5.74) is 7.38. The monoisotopic (exact) mass is 1100 g/mol. The van der Waals surface area contributed by atoms with Gasteiger partial charge in [0.05, 0.1) is 76.6 Å². The molecule has 2 heterocycles. The molecular weight excluding hydrogens is 1030 g/mol. The van der Waals surface area contributed by atoms with Crippen molar-refractivity contribution in [3.8, 4) is 11.1 Å². The zero-order valence-corrected chi connectivity index (χ0v) is 44.7. The molecule has 422 valence electrons. The van der Waals surface area contributed by atoms with Crippen LogP contribution in [0.3, 0.4) is 0 Å². The van der Waals surface area contributed by atoms with E-state index in [1.54, 1.807) is 17.2 Å². The number of hydrogen-bond donors (Lipinski definition) is 5. The predicted octanol–water partition coefficient (Wildman–Crippen LogP) is 4.38. The lowest BCUT2D eigenvalue weighted by molar-refractivity contribution is -0.143. The van der Waals surface area contributed by atoms with Crippen LogP contribution in [0.4, 0.5) is 8.78 Å². The van der Waals surface area contributed by atoms with Gasteiger partial charge < -0.3 is 55.0 Å². The summed E-state index contributed by atoms with van der Waals surface area (Å²) in [5, 5.41) is 24.8. The minimum absolute atomic E-state index is 0.00175. The molecule has 0 spiro atoms. The molecule has 0 unspecified atom stereocenters. The molecule has 1 aromatic heterocycles. The number of halogens is 2. The number of ketones is 1. The molecule has 3 atom stereocenters. The summed E-state index contributed by atoms with van der Waals surface area (Å²) in [7, 11) is 0. The van der Waals surface area contributed by atoms with E-state index in [4.69, 9.17) is 24.7 Å². The molecule has 3 aromatic rings. The van der Waals surface area contributed by atoms with E-state index < -0.39 is 83.3 Å². The lowest BCUT2D eigenvalue weighted by Gasteiger charge is -2.41. The van der Waals surface area contributed by atoms with Crippen molar-refractivity contribution in [3.63, 3.8) is 0 Å². The predicted molar refractivity (Wildman–Crippen MR) is 281 cm³/mol. The van der Waals surface area contributed by atoms with Crippen molar-refractivity contribution in [2.45, 2.75) is 77.9 Å². The van der Waals surface area contributed by atoms with Gasteiger partial charge in [0.2, 0.25) is 17.7 Å². The zero-order chi connectivity index (χ0) is 56.3. The van der Waals surface area contributed by atoms with Gasteiger partial charge in [-0.05, 0) is 54.6 Å². The number of Topliss-reactive ketones (excluding diaryl/α,β-unsaturated/α-hetero) is 1. The summed E-state index contributed by atoms with van der Waals surface area (Å²) < 4.78 is 53.4. The molecule has 0 saturated heterocycles. The van der Waals surface area contributed by atoms with Crippen LogP contribution in [-0.2, 0) is 63.8 Å². The van der Waals surface area contributed by atoms with Crippen LogP contribution in [0, 0.1) is 23.0 Å². The van der Waals surface area contributed by atoms with Crippen LogP contribution in [0.5, 0.6) is 0 Å². The molecule has 0 aliphatic carbocycles. The number of carboxylic acids is 2. The van der Waals surface area contributed by atoms with Crippen LogP contribution in [0.25, 0.3) is 11.1 Å². The van der Waals surface area contributed by atoms with E-state index in [-0.39, 0.29) is 127 Å². The van der Waals surface area contributed by atoms with Crippen molar-refractivity contribution in [1.29, 1.82) is 0 Å². The number of nitrogens with two attached hydrogens (primary N) is 1. The second-order valence-electron chi connectivity index (χ2n) is 19.1. The number of carbonyl (C=O) groups is 8. The van der Waals surface area contributed by atoms with Gasteiger partial charge in [0.15, 0.2) is 5.78 Å². The zero-order valence-electron chi connectivity index (χ0n) is 43.9. The minimum Gasteiger partial charge on any atom is -0.481 e. The van der Waals surface area contributed by atoms with E-state index in [9.17, 15) is 53.0 Å². The molecule has 0 bridgehead atoms. The highest BCUT2D eigenvalue weighted by molar-refractivity contribution is 7.99. The summed E-state index contributed by atoms with van der Waals surface area (Å²) in [5.74, 6) is -8.26. The van der Waals surface area contributed by atoms with E-state index in [0.717, 1.165) is 52.6 Å². The van der Waals surface area contributed by atoms with Gasteiger partial charge in [-0.2, -0.15) is 11.8 Å². The lowest BCUT2D eigenvalue weighted by Crippen LogP contribution is -2.44. The molecule has 1 aliphatic heterocycles. The van der Waals surface area contributed by atoms with Gasteiger partial charge in [0.1, 0.15) is 11.6 Å².